The van der Waals surface area contributed by atoms with Crippen molar-refractivity contribution in [2.24, 2.45) is 5.73 Å². The van der Waals surface area contributed by atoms with Crippen molar-refractivity contribution in [3.8, 4) is 11.3 Å². The van der Waals surface area contributed by atoms with Crippen molar-refractivity contribution in [1.29, 1.82) is 0 Å². The summed E-state index contributed by atoms with van der Waals surface area (Å²) in [5.74, 6) is 0. The molecule has 0 radical (unpaired) electrons. The van der Waals surface area contributed by atoms with Gasteiger partial charge in [-0.05, 0) is 43.7 Å². The van der Waals surface area contributed by atoms with Crippen molar-refractivity contribution in [3.05, 3.63) is 48.4 Å². The van der Waals surface area contributed by atoms with E-state index in [0.29, 0.717) is 6.54 Å². The van der Waals surface area contributed by atoms with Crippen molar-refractivity contribution in [3.63, 3.8) is 0 Å². The molecule has 2 aromatic rings. The molecule has 2 rings (SSSR count). The zero-order valence-corrected chi connectivity index (χ0v) is 9.13. The molecule has 0 saturated carbocycles. The van der Waals surface area contributed by atoms with Gasteiger partial charge in [-0.1, -0.05) is 6.07 Å². The van der Waals surface area contributed by atoms with Crippen LogP contribution in [-0.2, 0) is 6.42 Å². The summed E-state index contributed by atoms with van der Waals surface area (Å²) in [6.45, 7) is 0.704. The Kier molecular flexibility index (Phi) is 3.62. The summed E-state index contributed by atoms with van der Waals surface area (Å²) in [5.41, 5.74) is 8.66. The molecule has 0 aromatic carbocycles. The van der Waals surface area contributed by atoms with E-state index in [0.717, 1.165) is 29.8 Å². The van der Waals surface area contributed by atoms with Crippen molar-refractivity contribution < 1.29 is 0 Å². The molecule has 0 bridgehead atoms. The van der Waals surface area contributed by atoms with Gasteiger partial charge in [0, 0.05) is 23.7 Å². The van der Waals surface area contributed by atoms with Crippen molar-refractivity contribution in [2.75, 3.05) is 6.54 Å². The van der Waals surface area contributed by atoms with E-state index >= 15 is 0 Å². The first-order chi connectivity index (χ1) is 7.90. The van der Waals surface area contributed by atoms with Gasteiger partial charge < -0.3 is 5.73 Å². The van der Waals surface area contributed by atoms with Gasteiger partial charge in [-0.25, -0.2) is 0 Å². The van der Waals surface area contributed by atoms with Crippen molar-refractivity contribution in [1.82, 2.24) is 9.97 Å². The molecule has 0 atom stereocenters. The minimum absolute atomic E-state index is 0.704. The van der Waals surface area contributed by atoms with Gasteiger partial charge in [0.15, 0.2) is 0 Å². The van der Waals surface area contributed by atoms with Gasteiger partial charge in [-0.15, -0.1) is 0 Å². The monoisotopic (exact) mass is 213 g/mol. The van der Waals surface area contributed by atoms with E-state index in [9.17, 15) is 0 Å². The molecule has 16 heavy (non-hydrogen) atoms. The zero-order chi connectivity index (χ0) is 11.2. The number of nitrogens with two attached hydrogens (primary N) is 1. The predicted octanol–water partition coefficient (Wildman–Crippen LogP) is 2.03. The molecule has 0 aliphatic rings. The van der Waals surface area contributed by atoms with E-state index in [1.165, 1.54) is 0 Å². The van der Waals surface area contributed by atoms with Gasteiger partial charge >= 0.3 is 0 Å². The molecule has 0 unspecified atom stereocenters. The first-order valence-corrected chi connectivity index (χ1v) is 5.46. The van der Waals surface area contributed by atoms with Crippen LogP contribution < -0.4 is 5.73 Å². The molecule has 0 fully saturated rings. The van der Waals surface area contributed by atoms with E-state index in [1.54, 1.807) is 6.20 Å². The van der Waals surface area contributed by atoms with Crippen LogP contribution in [0, 0.1) is 0 Å². The Morgan fingerprint density at radius 1 is 1.06 bits per heavy atom. The quantitative estimate of drug-likeness (QED) is 0.845. The van der Waals surface area contributed by atoms with Crippen LogP contribution in [0.1, 0.15) is 12.1 Å². The molecule has 0 aliphatic heterocycles. The lowest BCUT2D eigenvalue weighted by Gasteiger charge is -2.03. The molecule has 0 saturated heterocycles. The van der Waals surface area contributed by atoms with Crippen LogP contribution in [0.15, 0.2) is 42.7 Å². The van der Waals surface area contributed by atoms with E-state index in [-0.39, 0.29) is 0 Å². The van der Waals surface area contributed by atoms with Gasteiger partial charge in [-0.2, -0.15) is 0 Å². The van der Waals surface area contributed by atoms with Crippen LogP contribution in [0.3, 0.4) is 0 Å². The largest absolute Gasteiger partial charge is 0.330 e. The Bertz CT molecular complexity index is 440. The summed E-state index contributed by atoms with van der Waals surface area (Å²) in [7, 11) is 0. The first kappa shape index (κ1) is 10.8. The lowest BCUT2D eigenvalue weighted by Crippen LogP contribution is -2.01. The summed E-state index contributed by atoms with van der Waals surface area (Å²) in [5, 5.41) is 0. The Balaban J connectivity index is 2.22. The zero-order valence-electron chi connectivity index (χ0n) is 9.13. The van der Waals surface area contributed by atoms with Gasteiger partial charge in [0.1, 0.15) is 0 Å². The molecule has 0 amide bonds. The van der Waals surface area contributed by atoms with Crippen molar-refractivity contribution >= 4 is 0 Å². The lowest BCUT2D eigenvalue weighted by molar-refractivity contribution is 0.811. The van der Waals surface area contributed by atoms with Gasteiger partial charge in [0.25, 0.3) is 0 Å². The third-order valence-electron chi connectivity index (χ3n) is 2.41. The predicted molar refractivity (Wildman–Crippen MR) is 64.8 cm³/mol. The second-order valence-corrected chi connectivity index (χ2v) is 3.64. The van der Waals surface area contributed by atoms with E-state index in [2.05, 4.69) is 16.0 Å². The lowest BCUT2D eigenvalue weighted by atomic mass is 10.1. The van der Waals surface area contributed by atoms with Crippen LogP contribution in [0.2, 0.25) is 0 Å². The maximum atomic E-state index is 5.49. The number of aryl methyl sites for hydroxylation is 1. The maximum absolute atomic E-state index is 5.49. The molecular weight excluding hydrogens is 198 g/mol. The fourth-order valence-corrected chi connectivity index (χ4v) is 1.59. The summed E-state index contributed by atoms with van der Waals surface area (Å²) in [6.07, 6.45) is 5.53. The number of hydrogen-bond acceptors (Lipinski definition) is 3. The molecule has 3 nitrogen and oxygen atoms in total. The van der Waals surface area contributed by atoms with Crippen LogP contribution in [0.25, 0.3) is 11.3 Å². The average Bonchev–Trinajstić information content (AvgIpc) is 2.38. The van der Waals surface area contributed by atoms with Crippen LogP contribution in [-0.4, -0.2) is 16.5 Å². The van der Waals surface area contributed by atoms with Gasteiger partial charge in [0.2, 0.25) is 0 Å². The second kappa shape index (κ2) is 5.37. The smallest absolute Gasteiger partial charge is 0.0703 e. The van der Waals surface area contributed by atoms with Crippen LogP contribution in [0.4, 0.5) is 0 Å². The summed E-state index contributed by atoms with van der Waals surface area (Å²) < 4.78 is 0. The second-order valence-electron chi connectivity index (χ2n) is 3.64. The highest BCUT2D eigenvalue weighted by Crippen LogP contribution is 2.16. The molecule has 3 heteroatoms. The number of aromatic nitrogens is 2. The minimum atomic E-state index is 0.704. The molecule has 2 aromatic heterocycles. The molecule has 2 N–H and O–H groups in total. The number of hydrogen-bond donors (Lipinski definition) is 1. The SMILES string of the molecule is NCCCc1cc(-c2ccccn2)ccn1. The van der Waals surface area contributed by atoms with Gasteiger partial charge in [0.05, 0.1) is 5.69 Å². The summed E-state index contributed by atoms with van der Waals surface area (Å²) in [6, 6.07) is 9.97. The van der Waals surface area contributed by atoms with Crippen molar-refractivity contribution in [2.45, 2.75) is 12.8 Å². The van der Waals surface area contributed by atoms with Crippen LogP contribution >= 0.6 is 0 Å². The Labute approximate surface area is 95.4 Å². The molecule has 0 aliphatic carbocycles. The first-order valence-electron chi connectivity index (χ1n) is 5.46. The van der Waals surface area contributed by atoms with E-state index < -0.39 is 0 Å². The normalized spacial score (nSPS) is 10.3. The third-order valence-corrected chi connectivity index (χ3v) is 2.41. The standard InChI is InChI=1S/C13H15N3/c14-7-3-4-12-10-11(6-9-15-12)13-5-1-2-8-16-13/h1-2,5-6,8-10H,3-4,7,14H2. The number of pyridine rings is 2. The highest BCUT2D eigenvalue weighted by atomic mass is 14.7. The Morgan fingerprint density at radius 3 is 2.75 bits per heavy atom. The van der Waals surface area contributed by atoms with Crippen LogP contribution in [0.5, 0.6) is 0 Å². The average molecular weight is 213 g/mol. The number of nitrogens with zero attached hydrogens (tertiary/aromatic N) is 2. The fraction of sp³-hybridized carbons (Fsp3) is 0.231. The fourth-order valence-electron chi connectivity index (χ4n) is 1.59. The highest BCUT2D eigenvalue weighted by molar-refractivity contribution is 5.58. The van der Waals surface area contributed by atoms with Gasteiger partial charge in [-0.3, -0.25) is 9.97 Å². The maximum Gasteiger partial charge on any atom is 0.0703 e. The molecular formula is C13H15N3. The molecule has 0 spiro atoms. The summed E-state index contributed by atoms with van der Waals surface area (Å²) in [4.78, 5) is 8.64. The van der Waals surface area contributed by atoms with E-state index in [1.807, 2.05) is 30.5 Å². The topological polar surface area (TPSA) is 51.8 Å². The summed E-state index contributed by atoms with van der Waals surface area (Å²) >= 11 is 0. The molecule has 2 heterocycles. The number of rotatable bonds is 4. The third kappa shape index (κ3) is 2.64. The highest BCUT2D eigenvalue weighted by Gasteiger charge is 2.00. The molecule has 82 valence electrons. The Hall–Kier alpha value is -1.74. The Morgan fingerprint density at radius 2 is 2.00 bits per heavy atom. The minimum Gasteiger partial charge on any atom is -0.330 e. The van der Waals surface area contributed by atoms with E-state index in [4.69, 9.17) is 5.73 Å².